The zero-order valence-corrected chi connectivity index (χ0v) is 9.94. The maximum Gasteiger partial charge on any atom is 0.356 e. The number of carbonyl (C=O) groups is 1. The van der Waals surface area contributed by atoms with Crippen LogP contribution in [0, 0.1) is 0 Å². The minimum Gasteiger partial charge on any atom is -0.464 e. The van der Waals surface area contributed by atoms with Gasteiger partial charge in [0.2, 0.25) is 0 Å². The zero-order chi connectivity index (χ0) is 12.3. The molecule has 0 aliphatic carbocycles. The van der Waals surface area contributed by atoms with E-state index in [4.69, 9.17) is 11.6 Å². The fourth-order valence-corrected chi connectivity index (χ4v) is 1.74. The Morgan fingerprint density at radius 2 is 2.00 bits per heavy atom. The lowest BCUT2D eigenvalue weighted by Crippen LogP contribution is -2.04. The van der Waals surface area contributed by atoms with Crippen molar-refractivity contribution < 1.29 is 9.53 Å². The quantitative estimate of drug-likeness (QED) is 0.765. The van der Waals surface area contributed by atoms with Crippen LogP contribution in [0.25, 0.3) is 11.1 Å². The van der Waals surface area contributed by atoms with Crippen molar-refractivity contribution in [3.63, 3.8) is 0 Å². The van der Waals surface area contributed by atoms with E-state index in [2.05, 4.69) is 9.72 Å². The van der Waals surface area contributed by atoms with Gasteiger partial charge in [-0.2, -0.15) is 0 Å². The van der Waals surface area contributed by atoms with Crippen LogP contribution in [0.15, 0.2) is 42.6 Å². The number of esters is 1. The predicted octanol–water partition coefficient (Wildman–Crippen LogP) is 3.19. The van der Waals surface area contributed by atoms with Gasteiger partial charge in [0.05, 0.1) is 12.1 Å². The topological polar surface area (TPSA) is 39.2 Å². The van der Waals surface area contributed by atoms with Gasteiger partial charge in [0.15, 0.2) is 0 Å². The second-order valence-corrected chi connectivity index (χ2v) is 3.81. The molecule has 0 unspecified atom stereocenters. The number of ether oxygens (including phenoxy) is 1. The molecule has 0 aliphatic rings. The molecule has 0 radical (unpaired) electrons. The molecular weight excluding hydrogens is 238 g/mol. The van der Waals surface area contributed by atoms with Crippen LogP contribution in [0.3, 0.4) is 0 Å². The average Bonchev–Trinajstić information content (AvgIpc) is 2.38. The van der Waals surface area contributed by atoms with Gasteiger partial charge in [-0.15, -0.1) is 0 Å². The molecule has 86 valence electrons. The number of hydrogen-bond acceptors (Lipinski definition) is 3. The highest BCUT2D eigenvalue weighted by atomic mass is 35.5. The molecule has 1 heterocycles. The van der Waals surface area contributed by atoms with Crippen molar-refractivity contribution in [3.8, 4) is 11.1 Å². The summed E-state index contributed by atoms with van der Waals surface area (Å²) in [6.45, 7) is 0. The first-order chi connectivity index (χ1) is 8.22. The molecule has 17 heavy (non-hydrogen) atoms. The van der Waals surface area contributed by atoms with Crippen molar-refractivity contribution in [2.24, 2.45) is 0 Å². The highest BCUT2D eigenvalue weighted by Gasteiger charge is 2.11. The summed E-state index contributed by atoms with van der Waals surface area (Å²) in [7, 11) is 1.31. The molecule has 0 aliphatic heterocycles. The average molecular weight is 248 g/mol. The largest absolute Gasteiger partial charge is 0.464 e. The fourth-order valence-electron chi connectivity index (χ4n) is 1.48. The predicted molar refractivity (Wildman–Crippen MR) is 66.0 cm³/mol. The Balaban J connectivity index is 2.42. The Morgan fingerprint density at radius 3 is 2.59 bits per heavy atom. The Hall–Kier alpha value is -1.87. The normalized spacial score (nSPS) is 10.0. The van der Waals surface area contributed by atoms with Gasteiger partial charge < -0.3 is 4.74 Å². The molecular formula is C13H10ClNO2. The van der Waals surface area contributed by atoms with E-state index in [0.717, 1.165) is 11.1 Å². The summed E-state index contributed by atoms with van der Waals surface area (Å²) in [5, 5.41) is 0.478. The summed E-state index contributed by atoms with van der Waals surface area (Å²) in [6.07, 6.45) is 1.57. The van der Waals surface area contributed by atoms with E-state index in [1.54, 1.807) is 6.20 Å². The molecule has 0 spiro atoms. The second-order valence-electron chi connectivity index (χ2n) is 3.41. The molecule has 0 saturated carbocycles. The second kappa shape index (κ2) is 4.97. The molecule has 1 aromatic carbocycles. The highest BCUT2D eigenvalue weighted by molar-refractivity contribution is 6.33. The lowest BCUT2D eigenvalue weighted by atomic mass is 10.1. The Morgan fingerprint density at radius 1 is 1.29 bits per heavy atom. The van der Waals surface area contributed by atoms with Gasteiger partial charge in [-0.3, -0.25) is 0 Å². The Kier molecular flexibility index (Phi) is 3.40. The molecule has 0 amide bonds. The SMILES string of the molecule is COC(=O)c1cc(Cl)c(-c2ccccc2)cn1. The van der Waals surface area contributed by atoms with Crippen molar-refractivity contribution in [3.05, 3.63) is 53.3 Å². The molecule has 3 nitrogen and oxygen atoms in total. The van der Waals surface area contributed by atoms with E-state index in [1.807, 2.05) is 30.3 Å². The monoisotopic (exact) mass is 247 g/mol. The van der Waals surface area contributed by atoms with Gasteiger partial charge in [0.1, 0.15) is 5.69 Å². The molecule has 1 aromatic heterocycles. The van der Waals surface area contributed by atoms with Crippen LogP contribution < -0.4 is 0 Å². The van der Waals surface area contributed by atoms with Crippen molar-refractivity contribution in [2.75, 3.05) is 7.11 Å². The van der Waals surface area contributed by atoms with Gasteiger partial charge in [0.25, 0.3) is 0 Å². The number of carbonyl (C=O) groups excluding carboxylic acids is 1. The number of rotatable bonds is 2. The van der Waals surface area contributed by atoms with Crippen LogP contribution in [-0.2, 0) is 4.74 Å². The van der Waals surface area contributed by atoms with Crippen LogP contribution in [0.5, 0.6) is 0 Å². The molecule has 2 aromatic rings. The number of nitrogens with zero attached hydrogens (tertiary/aromatic N) is 1. The van der Waals surface area contributed by atoms with Gasteiger partial charge in [-0.05, 0) is 11.6 Å². The summed E-state index contributed by atoms with van der Waals surface area (Å²) in [6, 6.07) is 11.1. The van der Waals surface area contributed by atoms with E-state index in [-0.39, 0.29) is 5.69 Å². The Bertz CT molecular complexity index is 540. The third-order valence-electron chi connectivity index (χ3n) is 2.33. The summed E-state index contributed by atoms with van der Waals surface area (Å²) in [5.41, 5.74) is 1.96. The maximum absolute atomic E-state index is 11.3. The van der Waals surface area contributed by atoms with Crippen LogP contribution in [0.2, 0.25) is 5.02 Å². The van der Waals surface area contributed by atoms with Crippen molar-refractivity contribution in [1.29, 1.82) is 0 Å². The van der Waals surface area contributed by atoms with Crippen LogP contribution in [-0.4, -0.2) is 18.1 Å². The van der Waals surface area contributed by atoms with E-state index >= 15 is 0 Å². The molecule has 0 saturated heterocycles. The molecule has 0 bridgehead atoms. The molecule has 4 heteroatoms. The number of benzene rings is 1. The fraction of sp³-hybridized carbons (Fsp3) is 0.0769. The van der Waals surface area contributed by atoms with E-state index in [1.165, 1.54) is 13.2 Å². The summed E-state index contributed by atoms with van der Waals surface area (Å²) in [5.74, 6) is -0.494. The first-order valence-electron chi connectivity index (χ1n) is 5.01. The summed E-state index contributed by atoms with van der Waals surface area (Å²) >= 11 is 6.12. The number of methoxy groups -OCH3 is 1. The van der Waals surface area contributed by atoms with Gasteiger partial charge >= 0.3 is 5.97 Å². The Labute approximate surface area is 104 Å². The third kappa shape index (κ3) is 2.45. The number of pyridine rings is 1. The smallest absolute Gasteiger partial charge is 0.356 e. The number of aromatic nitrogens is 1. The van der Waals surface area contributed by atoms with Gasteiger partial charge in [-0.1, -0.05) is 41.9 Å². The van der Waals surface area contributed by atoms with Crippen LogP contribution in [0.1, 0.15) is 10.5 Å². The molecule has 0 fully saturated rings. The van der Waals surface area contributed by atoms with Gasteiger partial charge in [-0.25, -0.2) is 9.78 Å². The highest BCUT2D eigenvalue weighted by Crippen LogP contribution is 2.27. The lowest BCUT2D eigenvalue weighted by Gasteiger charge is -2.05. The van der Waals surface area contributed by atoms with Crippen LogP contribution >= 0.6 is 11.6 Å². The van der Waals surface area contributed by atoms with Crippen LogP contribution in [0.4, 0.5) is 0 Å². The molecule has 0 atom stereocenters. The number of hydrogen-bond donors (Lipinski definition) is 0. The number of halogens is 1. The van der Waals surface area contributed by atoms with Crippen molar-refractivity contribution in [2.45, 2.75) is 0 Å². The first-order valence-corrected chi connectivity index (χ1v) is 5.39. The lowest BCUT2D eigenvalue weighted by molar-refractivity contribution is 0.0594. The van der Waals surface area contributed by atoms with Crippen molar-refractivity contribution in [1.82, 2.24) is 4.98 Å². The van der Waals surface area contributed by atoms with Gasteiger partial charge in [0, 0.05) is 11.8 Å². The summed E-state index contributed by atoms with van der Waals surface area (Å²) in [4.78, 5) is 15.3. The van der Waals surface area contributed by atoms with E-state index < -0.39 is 5.97 Å². The zero-order valence-electron chi connectivity index (χ0n) is 9.18. The first kappa shape index (κ1) is 11.6. The minimum absolute atomic E-state index is 0.206. The van der Waals surface area contributed by atoms with E-state index in [9.17, 15) is 4.79 Å². The minimum atomic E-state index is -0.494. The molecule has 2 rings (SSSR count). The summed E-state index contributed by atoms with van der Waals surface area (Å²) < 4.78 is 4.58. The third-order valence-corrected chi connectivity index (χ3v) is 2.65. The maximum atomic E-state index is 11.3. The standard InChI is InChI=1S/C13H10ClNO2/c1-17-13(16)12-7-11(14)10(8-15-12)9-5-3-2-4-6-9/h2-8H,1H3. The molecule has 0 N–H and O–H groups in total. The van der Waals surface area contributed by atoms with Crippen molar-refractivity contribution >= 4 is 17.6 Å². The van der Waals surface area contributed by atoms with E-state index in [0.29, 0.717) is 5.02 Å².